The molecule has 4 rings (SSSR count). The van der Waals surface area contributed by atoms with E-state index in [1.54, 1.807) is 6.07 Å². The Labute approximate surface area is 181 Å². The molecule has 0 bridgehead atoms. The number of para-hydroxylation sites is 1. The Hall–Kier alpha value is -3.20. The van der Waals surface area contributed by atoms with Gasteiger partial charge in [-0.25, -0.2) is 4.98 Å². The van der Waals surface area contributed by atoms with Gasteiger partial charge < -0.3 is 15.4 Å². The van der Waals surface area contributed by atoms with Gasteiger partial charge in [0.1, 0.15) is 5.75 Å². The SMILES string of the molecule is O=C(CSc1cc(C(=O)NC2CC2)c2ccccc2n1)Nc1ccc(OC(F)F)cc1. The van der Waals surface area contributed by atoms with Crippen LogP contribution in [0.3, 0.4) is 0 Å². The van der Waals surface area contributed by atoms with Gasteiger partial charge in [-0.1, -0.05) is 30.0 Å². The molecule has 31 heavy (non-hydrogen) atoms. The predicted octanol–water partition coefficient (Wildman–Crippen LogP) is 4.46. The number of benzene rings is 2. The molecule has 9 heteroatoms. The summed E-state index contributed by atoms with van der Waals surface area (Å²) in [6, 6.07) is 15.0. The summed E-state index contributed by atoms with van der Waals surface area (Å²) in [7, 11) is 0. The summed E-state index contributed by atoms with van der Waals surface area (Å²) in [6.07, 6.45) is 1.98. The zero-order valence-electron chi connectivity index (χ0n) is 16.3. The van der Waals surface area contributed by atoms with Crippen molar-refractivity contribution >= 4 is 40.2 Å². The summed E-state index contributed by atoms with van der Waals surface area (Å²) in [5.41, 5.74) is 1.68. The molecule has 160 valence electrons. The third kappa shape index (κ3) is 5.69. The fraction of sp³-hybridized carbons (Fsp3) is 0.227. The molecule has 2 aromatic carbocycles. The van der Waals surface area contributed by atoms with Gasteiger partial charge in [0.15, 0.2) is 0 Å². The Morgan fingerprint density at radius 3 is 2.58 bits per heavy atom. The van der Waals surface area contributed by atoms with Crippen LogP contribution < -0.4 is 15.4 Å². The van der Waals surface area contributed by atoms with Gasteiger partial charge in [0, 0.05) is 17.1 Å². The average molecular weight is 443 g/mol. The highest BCUT2D eigenvalue weighted by Gasteiger charge is 2.25. The number of carbonyl (C=O) groups excluding carboxylic acids is 2. The first-order valence-electron chi connectivity index (χ1n) is 9.66. The van der Waals surface area contributed by atoms with Crippen LogP contribution in [0.1, 0.15) is 23.2 Å². The molecule has 1 aliphatic carbocycles. The minimum Gasteiger partial charge on any atom is -0.435 e. The molecule has 0 saturated heterocycles. The molecule has 0 aliphatic heterocycles. The third-order valence-corrected chi connectivity index (χ3v) is 5.48. The van der Waals surface area contributed by atoms with E-state index >= 15 is 0 Å². The van der Waals surface area contributed by atoms with Crippen LogP contribution in [0.5, 0.6) is 5.75 Å². The highest BCUT2D eigenvalue weighted by Crippen LogP contribution is 2.26. The molecule has 1 aromatic heterocycles. The third-order valence-electron chi connectivity index (χ3n) is 4.56. The summed E-state index contributed by atoms with van der Waals surface area (Å²) in [4.78, 5) is 29.5. The lowest BCUT2D eigenvalue weighted by Crippen LogP contribution is -2.25. The summed E-state index contributed by atoms with van der Waals surface area (Å²) < 4.78 is 28.7. The Kier molecular flexibility index (Phi) is 6.31. The lowest BCUT2D eigenvalue weighted by atomic mass is 10.1. The van der Waals surface area contributed by atoms with Crippen LogP contribution in [0.4, 0.5) is 14.5 Å². The number of anilines is 1. The molecule has 1 fully saturated rings. The number of ether oxygens (including phenoxy) is 1. The van der Waals surface area contributed by atoms with E-state index in [9.17, 15) is 18.4 Å². The van der Waals surface area contributed by atoms with Gasteiger partial charge in [0.25, 0.3) is 5.91 Å². The highest BCUT2D eigenvalue weighted by molar-refractivity contribution is 7.99. The van der Waals surface area contributed by atoms with Crippen molar-refractivity contribution in [2.45, 2.75) is 30.5 Å². The van der Waals surface area contributed by atoms with E-state index in [1.165, 1.54) is 36.0 Å². The molecule has 1 aliphatic rings. The number of alkyl halides is 2. The van der Waals surface area contributed by atoms with Crippen LogP contribution in [0, 0.1) is 0 Å². The van der Waals surface area contributed by atoms with Crippen molar-refractivity contribution in [1.29, 1.82) is 0 Å². The van der Waals surface area contributed by atoms with Crippen LogP contribution in [0.25, 0.3) is 10.9 Å². The Bertz CT molecular complexity index is 1100. The lowest BCUT2D eigenvalue weighted by molar-refractivity contribution is -0.113. The number of amides is 2. The Morgan fingerprint density at radius 1 is 1.13 bits per heavy atom. The van der Waals surface area contributed by atoms with Crippen LogP contribution in [-0.2, 0) is 4.79 Å². The van der Waals surface area contributed by atoms with E-state index in [-0.39, 0.29) is 29.4 Å². The van der Waals surface area contributed by atoms with E-state index < -0.39 is 6.61 Å². The molecule has 0 atom stereocenters. The van der Waals surface area contributed by atoms with Crippen LogP contribution in [-0.4, -0.2) is 35.2 Å². The number of hydrogen-bond acceptors (Lipinski definition) is 5. The maximum atomic E-state index is 12.7. The number of halogens is 2. The second-order valence-electron chi connectivity index (χ2n) is 7.01. The van der Waals surface area contributed by atoms with E-state index in [4.69, 9.17) is 0 Å². The normalized spacial score (nSPS) is 13.3. The fourth-order valence-corrected chi connectivity index (χ4v) is 3.68. The zero-order valence-corrected chi connectivity index (χ0v) is 17.1. The fourth-order valence-electron chi connectivity index (χ4n) is 2.96. The average Bonchev–Trinajstić information content (AvgIpc) is 3.56. The van der Waals surface area contributed by atoms with Crippen molar-refractivity contribution in [2.24, 2.45) is 0 Å². The minimum absolute atomic E-state index is 0.0136. The maximum Gasteiger partial charge on any atom is 0.387 e. The summed E-state index contributed by atoms with van der Waals surface area (Å²) >= 11 is 1.21. The van der Waals surface area contributed by atoms with E-state index in [1.807, 2.05) is 24.3 Å². The van der Waals surface area contributed by atoms with Crippen LogP contribution in [0.15, 0.2) is 59.6 Å². The van der Waals surface area contributed by atoms with Crippen molar-refractivity contribution in [3.05, 3.63) is 60.2 Å². The number of thioether (sulfide) groups is 1. The predicted molar refractivity (Wildman–Crippen MR) is 115 cm³/mol. The molecule has 0 radical (unpaired) electrons. The molecule has 3 aromatic rings. The molecule has 0 unspecified atom stereocenters. The van der Waals surface area contributed by atoms with Crippen molar-refractivity contribution in [3.8, 4) is 5.75 Å². The molecule has 1 heterocycles. The van der Waals surface area contributed by atoms with Gasteiger partial charge in [0.05, 0.1) is 21.9 Å². The largest absolute Gasteiger partial charge is 0.435 e. The first-order valence-corrected chi connectivity index (χ1v) is 10.6. The van der Waals surface area contributed by atoms with Crippen molar-refractivity contribution in [1.82, 2.24) is 10.3 Å². The van der Waals surface area contributed by atoms with E-state index in [0.29, 0.717) is 21.8 Å². The quantitative estimate of drug-likeness (QED) is 0.503. The van der Waals surface area contributed by atoms with Crippen molar-refractivity contribution in [3.63, 3.8) is 0 Å². The van der Waals surface area contributed by atoms with Gasteiger partial charge in [-0.15, -0.1) is 0 Å². The van der Waals surface area contributed by atoms with Crippen LogP contribution in [0.2, 0.25) is 0 Å². The van der Waals surface area contributed by atoms with Gasteiger partial charge in [-0.2, -0.15) is 8.78 Å². The second-order valence-corrected chi connectivity index (χ2v) is 8.01. The second kappa shape index (κ2) is 9.30. The summed E-state index contributed by atoms with van der Waals surface area (Å²) in [5, 5.41) is 7.01. The van der Waals surface area contributed by atoms with E-state index in [2.05, 4.69) is 20.4 Å². The van der Waals surface area contributed by atoms with Gasteiger partial charge in [-0.3, -0.25) is 9.59 Å². The number of fused-ring (bicyclic) bond motifs is 1. The molecular formula is C22H19F2N3O3S. The number of nitrogens with one attached hydrogen (secondary N) is 2. The molecule has 1 saturated carbocycles. The molecule has 2 N–H and O–H groups in total. The standard InChI is InChI=1S/C22H19F2N3O3S/c23-22(24)30-15-9-7-13(8-10-15)25-19(28)12-31-20-11-17(21(29)26-14-5-6-14)16-3-1-2-4-18(16)27-20/h1-4,7-11,14,22H,5-6,12H2,(H,25,28)(H,26,29). The molecular weight excluding hydrogens is 424 g/mol. The monoisotopic (exact) mass is 443 g/mol. The number of pyridine rings is 1. The number of carbonyl (C=O) groups is 2. The molecule has 2 amide bonds. The Balaban J connectivity index is 1.42. The van der Waals surface area contributed by atoms with Crippen molar-refractivity contribution < 1.29 is 23.1 Å². The first-order chi connectivity index (χ1) is 15.0. The molecule has 6 nitrogen and oxygen atoms in total. The highest BCUT2D eigenvalue weighted by atomic mass is 32.2. The summed E-state index contributed by atoms with van der Waals surface area (Å²) in [5.74, 6) is -0.339. The maximum absolute atomic E-state index is 12.7. The number of aromatic nitrogens is 1. The zero-order chi connectivity index (χ0) is 21.8. The number of nitrogens with zero attached hydrogens (tertiary/aromatic N) is 1. The van der Waals surface area contributed by atoms with E-state index in [0.717, 1.165) is 18.2 Å². The van der Waals surface area contributed by atoms with Gasteiger partial charge in [-0.05, 0) is 49.2 Å². The number of rotatable bonds is 8. The van der Waals surface area contributed by atoms with Gasteiger partial charge >= 0.3 is 6.61 Å². The van der Waals surface area contributed by atoms with Gasteiger partial charge in [0.2, 0.25) is 5.91 Å². The lowest BCUT2D eigenvalue weighted by Gasteiger charge is -2.10. The topological polar surface area (TPSA) is 80.3 Å². The smallest absolute Gasteiger partial charge is 0.387 e. The first kappa shape index (κ1) is 21.0. The Morgan fingerprint density at radius 2 is 1.87 bits per heavy atom. The molecule has 0 spiro atoms. The van der Waals surface area contributed by atoms with Crippen LogP contribution >= 0.6 is 11.8 Å². The number of hydrogen-bond donors (Lipinski definition) is 2. The summed E-state index contributed by atoms with van der Waals surface area (Å²) in [6.45, 7) is -2.90. The van der Waals surface area contributed by atoms with Crippen molar-refractivity contribution in [2.75, 3.05) is 11.1 Å². The minimum atomic E-state index is -2.90.